The van der Waals surface area contributed by atoms with Crippen LogP contribution in [0.1, 0.15) is 25.5 Å². The van der Waals surface area contributed by atoms with E-state index in [4.69, 9.17) is 9.47 Å². The van der Waals surface area contributed by atoms with Gasteiger partial charge in [-0.2, -0.15) is 0 Å². The van der Waals surface area contributed by atoms with Crippen molar-refractivity contribution in [2.45, 2.75) is 25.4 Å². The van der Waals surface area contributed by atoms with Crippen LogP contribution in [-0.4, -0.2) is 45.8 Å². The van der Waals surface area contributed by atoms with Gasteiger partial charge >= 0.3 is 0 Å². The molecule has 0 radical (unpaired) electrons. The first-order valence-corrected chi connectivity index (χ1v) is 6.45. The minimum Gasteiger partial charge on any atom is -0.497 e. The molecule has 0 aliphatic rings. The number of nitrogens with zero attached hydrogens (tertiary/aromatic N) is 1. The summed E-state index contributed by atoms with van der Waals surface area (Å²) in [5.74, 6) is 1.71. The van der Waals surface area contributed by atoms with Crippen molar-refractivity contribution < 1.29 is 9.47 Å². The molecule has 0 aromatic heterocycles. The van der Waals surface area contributed by atoms with Gasteiger partial charge < -0.3 is 19.7 Å². The second-order valence-electron chi connectivity index (χ2n) is 5.38. The van der Waals surface area contributed by atoms with E-state index in [0.29, 0.717) is 0 Å². The molecule has 19 heavy (non-hydrogen) atoms. The molecule has 0 aliphatic carbocycles. The van der Waals surface area contributed by atoms with E-state index in [1.165, 1.54) is 0 Å². The summed E-state index contributed by atoms with van der Waals surface area (Å²) in [5, 5.41) is 3.39. The average molecular weight is 266 g/mol. The molecule has 0 fully saturated rings. The summed E-state index contributed by atoms with van der Waals surface area (Å²) in [5.41, 5.74) is 1.04. The predicted molar refractivity (Wildman–Crippen MR) is 79.1 cm³/mol. The number of methoxy groups -OCH3 is 2. The van der Waals surface area contributed by atoms with E-state index in [9.17, 15) is 0 Å². The van der Waals surface area contributed by atoms with Crippen LogP contribution in [0.4, 0.5) is 0 Å². The predicted octanol–water partition coefficient (Wildman–Crippen LogP) is 2.30. The van der Waals surface area contributed by atoms with Gasteiger partial charge in [0, 0.05) is 11.1 Å². The molecular formula is C15H26N2O2. The maximum atomic E-state index is 5.49. The summed E-state index contributed by atoms with van der Waals surface area (Å²) in [7, 11) is 9.50. The molecule has 0 saturated heterocycles. The van der Waals surface area contributed by atoms with Gasteiger partial charge in [-0.25, -0.2) is 0 Å². The molecule has 1 aromatic rings. The molecule has 1 N–H and O–H groups in total. The number of hydrogen-bond donors (Lipinski definition) is 1. The van der Waals surface area contributed by atoms with Gasteiger partial charge in [0.2, 0.25) is 0 Å². The number of nitrogens with one attached hydrogen (secondary N) is 1. The van der Waals surface area contributed by atoms with Gasteiger partial charge in [0.25, 0.3) is 0 Å². The standard InChI is InChI=1S/C15H26N2O2/c1-15(2,17(4)5)14(16-3)12-10-11(18-6)8-9-13(12)19-7/h8-10,14,16H,1-7H3. The molecule has 1 atom stereocenters. The highest BCUT2D eigenvalue weighted by atomic mass is 16.5. The number of rotatable bonds is 6. The lowest BCUT2D eigenvalue weighted by Gasteiger charge is -2.40. The highest BCUT2D eigenvalue weighted by molar-refractivity contribution is 5.43. The van der Waals surface area contributed by atoms with Crippen LogP contribution >= 0.6 is 0 Å². The van der Waals surface area contributed by atoms with Gasteiger partial charge in [0.1, 0.15) is 11.5 Å². The molecule has 0 bridgehead atoms. The van der Waals surface area contributed by atoms with Crippen LogP contribution in [0, 0.1) is 0 Å². The van der Waals surface area contributed by atoms with Crippen LogP contribution in [0.3, 0.4) is 0 Å². The summed E-state index contributed by atoms with van der Waals surface area (Å²) in [6.45, 7) is 4.40. The van der Waals surface area contributed by atoms with E-state index in [1.54, 1.807) is 14.2 Å². The average Bonchev–Trinajstić information content (AvgIpc) is 2.38. The molecule has 0 heterocycles. The fourth-order valence-corrected chi connectivity index (χ4v) is 2.21. The Morgan fingerprint density at radius 2 is 1.79 bits per heavy atom. The topological polar surface area (TPSA) is 33.7 Å². The van der Waals surface area contributed by atoms with Crippen LogP contribution in [0.2, 0.25) is 0 Å². The van der Waals surface area contributed by atoms with Gasteiger partial charge in [-0.15, -0.1) is 0 Å². The largest absolute Gasteiger partial charge is 0.497 e. The smallest absolute Gasteiger partial charge is 0.123 e. The van der Waals surface area contributed by atoms with E-state index in [-0.39, 0.29) is 11.6 Å². The molecule has 108 valence electrons. The maximum absolute atomic E-state index is 5.49. The summed E-state index contributed by atoms with van der Waals surface area (Å²) in [4.78, 5) is 2.20. The molecular weight excluding hydrogens is 240 g/mol. The summed E-state index contributed by atoms with van der Waals surface area (Å²) in [6.07, 6.45) is 0. The number of benzene rings is 1. The Balaban J connectivity index is 3.30. The summed E-state index contributed by atoms with van der Waals surface area (Å²) in [6, 6.07) is 6.03. The lowest BCUT2D eigenvalue weighted by Crippen LogP contribution is -2.48. The van der Waals surface area contributed by atoms with Crippen molar-refractivity contribution >= 4 is 0 Å². The van der Waals surface area contributed by atoms with Crippen molar-refractivity contribution in [3.63, 3.8) is 0 Å². The van der Waals surface area contributed by atoms with E-state index in [2.05, 4.69) is 38.2 Å². The Bertz CT molecular complexity index is 417. The number of hydrogen-bond acceptors (Lipinski definition) is 4. The van der Waals surface area contributed by atoms with Gasteiger partial charge in [-0.1, -0.05) is 0 Å². The molecule has 4 nitrogen and oxygen atoms in total. The minimum absolute atomic E-state index is 0.0611. The van der Waals surface area contributed by atoms with E-state index >= 15 is 0 Å². The van der Waals surface area contributed by atoms with E-state index in [0.717, 1.165) is 17.1 Å². The Hall–Kier alpha value is -1.26. The Morgan fingerprint density at radius 1 is 1.16 bits per heavy atom. The van der Waals surface area contributed by atoms with Crippen LogP contribution in [0.5, 0.6) is 11.5 Å². The zero-order valence-corrected chi connectivity index (χ0v) is 13.1. The SMILES string of the molecule is CNC(c1cc(OC)ccc1OC)C(C)(C)N(C)C. The molecule has 1 aromatic carbocycles. The van der Waals surface area contributed by atoms with E-state index in [1.807, 2.05) is 25.2 Å². The van der Waals surface area contributed by atoms with Gasteiger partial charge in [0.15, 0.2) is 0 Å². The monoisotopic (exact) mass is 266 g/mol. The Labute approximate surface area is 116 Å². The van der Waals surface area contributed by atoms with Gasteiger partial charge in [0.05, 0.1) is 20.3 Å². The third-order valence-electron chi connectivity index (χ3n) is 3.90. The lowest BCUT2D eigenvalue weighted by atomic mass is 9.87. The van der Waals surface area contributed by atoms with Crippen molar-refractivity contribution in [3.8, 4) is 11.5 Å². The molecule has 0 saturated carbocycles. The van der Waals surface area contributed by atoms with Crippen LogP contribution in [0.15, 0.2) is 18.2 Å². The molecule has 1 unspecified atom stereocenters. The maximum Gasteiger partial charge on any atom is 0.123 e. The second kappa shape index (κ2) is 6.26. The van der Waals surface area contributed by atoms with Crippen LogP contribution < -0.4 is 14.8 Å². The summed E-state index contributed by atoms with van der Waals surface area (Å²) < 4.78 is 10.8. The zero-order valence-electron chi connectivity index (χ0n) is 13.1. The molecule has 4 heteroatoms. The van der Waals surface area contributed by atoms with E-state index < -0.39 is 0 Å². The lowest BCUT2D eigenvalue weighted by molar-refractivity contribution is 0.140. The third kappa shape index (κ3) is 3.19. The summed E-state index contributed by atoms with van der Waals surface area (Å²) >= 11 is 0. The highest BCUT2D eigenvalue weighted by Crippen LogP contribution is 2.36. The minimum atomic E-state index is -0.0611. The molecule has 0 aliphatic heterocycles. The van der Waals surface area contributed by atoms with Crippen molar-refractivity contribution in [2.75, 3.05) is 35.4 Å². The fraction of sp³-hybridized carbons (Fsp3) is 0.600. The molecule has 0 amide bonds. The van der Waals surface area contributed by atoms with Crippen molar-refractivity contribution in [1.82, 2.24) is 10.2 Å². The van der Waals surface area contributed by atoms with Crippen molar-refractivity contribution in [3.05, 3.63) is 23.8 Å². The van der Waals surface area contributed by atoms with Gasteiger partial charge in [-0.3, -0.25) is 0 Å². The highest BCUT2D eigenvalue weighted by Gasteiger charge is 2.33. The first-order chi connectivity index (χ1) is 8.88. The first-order valence-electron chi connectivity index (χ1n) is 6.45. The quantitative estimate of drug-likeness (QED) is 0.856. The molecule has 0 spiro atoms. The van der Waals surface area contributed by atoms with Gasteiger partial charge in [-0.05, 0) is 53.2 Å². The molecule has 1 rings (SSSR count). The van der Waals surface area contributed by atoms with Crippen molar-refractivity contribution in [2.24, 2.45) is 0 Å². The Morgan fingerprint density at radius 3 is 2.21 bits per heavy atom. The third-order valence-corrected chi connectivity index (χ3v) is 3.90. The normalized spacial score (nSPS) is 13.5. The first kappa shape index (κ1) is 15.8. The van der Waals surface area contributed by atoms with Crippen molar-refractivity contribution in [1.29, 1.82) is 0 Å². The number of ether oxygens (including phenoxy) is 2. The van der Waals surface area contributed by atoms with Crippen LogP contribution in [-0.2, 0) is 0 Å². The van der Waals surface area contributed by atoms with Crippen LogP contribution in [0.25, 0.3) is 0 Å². The fourth-order valence-electron chi connectivity index (χ4n) is 2.21. The Kier molecular flexibility index (Phi) is 5.20. The number of likely N-dealkylation sites (N-methyl/N-ethyl adjacent to an activating group) is 2. The zero-order chi connectivity index (χ0) is 14.6. The second-order valence-corrected chi connectivity index (χ2v) is 5.38.